The van der Waals surface area contributed by atoms with E-state index in [1.54, 1.807) is 0 Å². The maximum absolute atomic E-state index is 13.0. The van der Waals surface area contributed by atoms with E-state index in [1.165, 1.54) is 40.6 Å². The number of carboxylic acids is 1. The van der Waals surface area contributed by atoms with Crippen molar-refractivity contribution < 1.29 is 34.2 Å². The van der Waals surface area contributed by atoms with E-state index in [9.17, 15) is 24.3 Å². The fraction of sp³-hybridized carbons (Fsp3) is 0.389. The molecule has 3 amide bonds. The normalized spacial score (nSPS) is 19.1. The van der Waals surface area contributed by atoms with Crippen LogP contribution in [0.4, 0.5) is 9.93 Å². The molecule has 0 spiro atoms. The number of nitrogens with two attached hydrogens (primary N) is 1. The standard InChI is InChI=1S/C18H20N10O7S3/c1-20-18(34)35-24-9(8-6-37-16(19)21-8)12(30)22-10-13(31)28-11(15(32)33)7(4-36-14(10)28)5-38-17-23-25-26-27(17)2-3-29/h6,10,14,29H,2-5H2,1H3,(H2,19,21)(H,20,34)(H,22,30)(H,32,33)/t10?,14-/m0/s1. The number of fused-ring (bicyclic) bond motifs is 1. The van der Waals surface area contributed by atoms with E-state index in [0.717, 1.165) is 16.2 Å². The average Bonchev–Trinajstić information content (AvgIpc) is 3.53. The van der Waals surface area contributed by atoms with Crippen LogP contribution >= 0.6 is 34.9 Å². The van der Waals surface area contributed by atoms with Gasteiger partial charge in [0.05, 0.1) is 13.2 Å². The molecule has 0 aliphatic carbocycles. The van der Waals surface area contributed by atoms with Crippen LogP contribution in [0.5, 0.6) is 0 Å². The number of tetrazole rings is 1. The van der Waals surface area contributed by atoms with Gasteiger partial charge in [-0.2, -0.15) is 0 Å². The van der Waals surface area contributed by atoms with E-state index in [0.29, 0.717) is 10.7 Å². The van der Waals surface area contributed by atoms with Crippen LogP contribution in [0.3, 0.4) is 0 Å². The van der Waals surface area contributed by atoms with E-state index < -0.39 is 35.3 Å². The lowest BCUT2D eigenvalue weighted by atomic mass is 10.0. The molecule has 0 saturated carbocycles. The van der Waals surface area contributed by atoms with E-state index in [4.69, 9.17) is 10.8 Å². The zero-order chi connectivity index (χ0) is 27.4. The van der Waals surface area contributed by atoms with Gasteiger partial charge in [0.1, 0.15) is 22.8 Å². The predicted octanol–water partition coefficient (Wildman–Crippen LogP) is -1.70. The Hall–Kier alpha value is -3.75. The van der Waals surface area contributed by atoms with Gasteiger partial charge in [-0.05, 0) is 16.0 Å². The minimum atomic E-state index is -1.29. The van der Waals surface area contributed by atoms with Crippen LogP contribution in [0.25, 0.3) is 0 Å². The Kier molecular flexibility index (Phi) is 8.44. The van der Waals surface area contributed by atoms with Gasteiger partial charge >= 0.3 is 12.1 Å². The van der Waals surface area contributed by atoms with Crippen molar-refractivity contribution in [3.63, 3.8) is 0 Å². The van der Waals surface area contributed by atoms with E-state index in [1.807, 2.05) is 0 Å². The third-order valence-electron chi connectivity index (χ3n) is 5.13. The van der Waals surface area contributed by atoms with Crippen LogP contribution in [0, 0.1) is 0 Å². The molecular formula is C18H20N10O7S3. The molecule has 0 bridgehead atoms. The number of β-lactam (4-membered cyclic amide) rings is 1. The van der Waals surface area contributed by atoms with Gasteiger partial charge in [0.15, 0.2) is 10.8 Å². The minimum absolute atomic E-state index is 0.0304. The lowest BCUT2D eigenvalue weighted by Crippen LogP contribution is -2.71. The third-order valence-corrected chi connectivity index (χ3v) is 8.18. The zero-order valence-electron chi connectivity index (χ0n) is 19.4. The quantitative estimate of drug-likeness (QED) is 0.0687. The van der Waals surface area contributed by atoms with Crippen molar-refractivity contribution in [2.75, 3.05) is 30.9 Å². The first-order valence-corrected chi connectivity index (χ1v) is 13.5. The molecule has 1 saturated heterocycles. The number of aliphatic carboxylic acids is 1. The summed E-state index contributed by atoms with van der Waals surface area (Å²) in [6, 6.07) is -1.06. The third kappa shape index (κ3) is 5.56. The van der Waals surface area contributed by atoms with Gasteiger partial charge in [0.25, 0.3) is 11.8 Å². The Morgan fingerprint density at radius 3 is 2.84 bits per heavy atom. The smallest absolute Gasteiger partial charge is 0.433 e. The number of oxime groups is 1. The van der Waals surface area contributed by atoms with Crippen molar-refractivity contribution in [1.82, 2.24) is 40.7 Å². The number of hydrogen-bond acceptors (Lipinski definition) is 15. The van der Waals surface area contributed by atoms with Crippen molar-refractivity contribution in [2.45, 2.75) is 23.1 Å². The van der Waals surface area contributed by atoms with Crippen molar-refractivity contribution in [3.05, 3.63) is 22.3 Å². The Morgan fingerprint density at radius 1 is 1.39 bits per heavy atom. The lowest BCUT2D eigenvalue weighted by molar-refractivity contribution is -0.150. The summed E-state index contributed by atoms with van der Waals surface area (Å²) in [4.78, 5) is 59.3. The molecule has 2 aliphatic rings. The van der Waals surface area contributed by atoms with Gasteiger partial charge < -0.3 is 26.6 Å². The second kappa shape index (κ2) is 11.8. The molecule has 6 N–H and O–H groups in total. The molecule has 4 rings (SSSR count). The molecule has 202 valence electrons. The van der Waals surface area contributed by atoms with Crippen molar-refractivity contribution in [2.24, 2.45) is 5.16 Å². The van der Waals surface area contributed by atoms with Crippen LogP contribution in [-0.2, 0) is 25.8 Å². The van der Waals surface area contributed by atoms with Crippen LogP contribution in [0.2, 0.25) is 0 Å². The number of aliphatic hydroxyl groups is 1. The minimum Gasteiger partial charge on any atom is -0.477 e. The predicted molar refractivity (Wildman–Crippen MR) is 134 cm³/mol. The molecule has 2 aromatic heterocycles. The first kappa shape index (κ1) is 27.3. The number of rotatable bonds is 10. The number of thioether (sulfide) groups is 2. The summed E-state index contributed by atoms with van der Waals surface area (Å²) in [5.41, 5.74) is 5.57. The molecule has 0 aromatic carbocycles. The molecule has 4 heterocycles. The maximum Gasteiger partial charge on any atom is 0.433 e. The highest BCUT2D eigenvalue weighted by atomic mass is 32.2. The van der Waals surface area contributed by atoms with Gasteiger partial charge in [0.2, 0.25) is 5.16 Å². The fourth-order valence-electron chi connectivity index (χ4n) is 3.42. The lowest BCUT2D eigenvalue weighted by Gasteiger charge is -2.49. The Labute approximate surface area is 225 Å². The zero-order valence-corrected chi connectivity index (χ0v) is 21.9. The van der Waals surface area contributed by atoms with Gasteiger partial charge in [-0.3, -0.25) is 19.3 Å². The SMILES string of the molecule is CNC(=O)ON=C(C(=O)NC1C(=O)N2C(C(=O)O)=C(CSc3nnnn3CCO)CS[C@@H]12)c1csc(N)n1. The second-order valence-electron chi connectivity index (χ2n) is 7.45. The number of anilines is 1. The summed E-state index contributed by atoms with van der Waals surface area (Å²) in [7, 11) is 1.30. The molecule has 0 radical (unpaired) electrons. The molecular weight excluding hydrogens is 564 g/mol. The first-order valence-electron chi connectivity index (χ1n) is 10.6. The number of nitrogens with one attached hydrogen (secondary N) is 2. The summed E-state index contributed by atoms with van der Waals surface area (Å²) in [5.74, 6) is -2.34. The van der Waals surface area contributed by atoms with Gasteiger partial charge in [-0.25, -0.2) is 19.3 Å². The molecule has 1 fully saturated rings. The number of aliphatic hydroxyl groups excluding tert-OH is 1. The van der Waals surface area contributed by atoms with E-state index in [-0.39, 0.29) is 46.9 Å². The number of carboxylic acid groups (broad SMARTS) is 1. The number of carbonyl (C=O) groups is 4. The summed E-state index contributed by atoms with van der Waals surface area (Å²) in [5, 5.41) is 39.7. The molecule has 17 nitrogen and oxygen atoms in total. The number of hydrogen-bond donors (Lipinski definition) is 5. The Bertz CT molecular complexity index is 1330. The van der Waals surface area contributed by atoms with Gasteiger partial charge in [0, 0.05) is 23.9 Å². The molecule has 2 atom stereocenters. The van der Waals surface area contributed by atoms with Gasteiger partial charge in [-0.15, -0.1) is 28.2 Å². The number of nitrogens with zero attached hydrogens (tertiary/aromatic N) is 7. The summed E-state index contributed by atoms with van der Waals surface area (Å²) < 4.78 is 1.38. The van der Waals surface area contributed by atoms with Crippen LogP contribution in [-0.4, -0.2) is 106 Å². The van der Waals surface area contributed by atoms with E-state index >= 15 is 0 Å². The van der Waals surface area contributed by atoms with E-state index in [2.05, 4.69) is 41.1 Å². The van der Waals surface area contributed by atoms with Crippen molar-refractivity contribution in [1.29, 1.82) is 0 Å². The number of nitrogen functional groups attached to an aromatic ring is 1. The number of thiazole rings is 1. The average molecular weight is 585 g/mol. The largest absolute Gasteiger partial charge is 0.477 e. The molecule has 2 aromatic rings. The maximum atomic E-state index is 13.0. The Balaban J connectivity index is 1.49. The second-order valence-corrected chi connectivity index (χ2v) is 10.4. The molecule has 20 heteroatoms. The highest BCUT2D eigenvalue weighted by Gasteiger charge is 2.54. The highest BCUT2D eigenvalue weighted by Crippen LogP contribution is 2.41. The topological polar surface area (TPSA) is 240 Å². The number of carbonyl (C=O) groups excluding carboxylic acids is 3. The van der Waals surface area contributed by atoms with Crippen molar-refractivity contribution in [3.8, 4) is 0 Å². The fourth-order valence-corrected chi connectivity index (χ4v) is 6.36. The first-order chi connectivity index (χ1) is 18.2. The number of amides is 3. The molecule has 2 aliphatic heterocycles. The van der Waals surface area contributed by atoms with Crippen LogP contribution in [0.1, 0.15) is 5.69 Å². The van der Waals surface area contributed by atoms with Crippen LogP contribution < -0.4 is 16.4 Å². The monoisotopic (exact) mass is 584 g/mol. The molecule has 1 unspecified atom stereocenters. The summed E-state index contributed by atoms with van der Waals surface area (Å²) in [6.07, 6.45) is -0.931. The van der Waals surface area contributed by atoms with Crippen molar-refractivity contribution >= 4 is 69.6 Å². The molecule has 38 heavy (non-hydrogen) atoms. The van der Waals surface area contributed by atoms with Gasteiger partial charge in [-0.1, -0.05) is 16.9 Å². The Morgan fingerprint density at radius 2 is 2.18 bits per heavy atom. The summed E-state index contributed by atoms with van der Waals surface area (Å²) >= 11 is 3.47. The number of aromatic nitrogens is 5. The highest BCUT2D eigenvalue weighted by molar-refractivity contribution is 8.01. The summed E-state index contributed by atoms with van der Waals surface area (Å²) in [6.45, 7) is 0.00468. The van der Waals surface area contributed by atoms with Crippen LogP contribution in [0.15, 0.2) is 27.0 Å².